The van der Waals surface area contributed by atoms with Gasteiger partial charge in [0.2, 0.25) is 0 Å². The molecule has 2 aliphatic rings. The van der Waals surface area contributed by atoms with Crippen LogP contribution in [0.1, 0.15) is 55.0 Å². The molecule has 9 heteroatoms. The van der Waals surface area contributed by atoms with Gasteiger partial charge in [-0.3, -0.25) is 14.2 Å². The lowest BCUT2D eigenvalue weighted by Crippen LogP contribution is -2.40. The summed E-state index contributed by atoms with van der Waals surface area (Å²) in [5, 5.41) is 0. The van der Waals surface area contributed by atoms with Crippen molar-refractivity contribution >= 4 is 56.1 Å². The van der Waals surface area contributed by atoms with Crippen LogP contribution in [0.15, 0.2) is 92.6 Å². The predicted molar refractivity (Wildman–Crippen MR) is 168 cm³/mol. The molecule has 0 aliphatic carbocycles. The Morgan fingerprint density at radius 1 is 1.05 bits per heavy atom. The van der Waals surface area contributed by atoms with Gasteiger partial charge in [0, 0.05) is 22.6 Å². The largest absolute Gasteiger partial charge is 0.463 e. The van der Waals surface area contributed by atoms with Gasteiger partial charge in [-0.15, -0.1) is 0 Å². The minimum absolute atomic E-state index is 0.171. The molecule has 3 aromatic carbocycles. The van der Waals surface area contributed by atoms with Gasteiger partial charge in [0.25, 0.3) is 11.5 Å². The van der Waals surface area contributed by atoms with E-state index in [2.05, 4.69) is 29.8 Å². The monoisotopic (exact) mass is 641 g/mol. The van der Waals surface area contributed by atoms with Gasteiger partial charge < -0.3 is 9.64 Å². The first-order chi connectivity index (χ1) is 20.2. The number of benzene rings is 3. The van der Waals surface area contributed by atoms with Gasteiger partial charge in [0.15, 0.2) is 4.80 Å². The number of ether oxygens (including phenoxy) is 1. The standard InChI is InChI=1S/C33H28BrN3O4S/c1-5-41-32(40)26-27(20-9-7-6-8-10-20)35-33-37(28(26)21-13-11-19(12-14-21)18(2)3)31(39)29(42-33)25-23-17-22(34)15-16-24(23)36(4)30(25)38/h6-18,28H,5H2,1-4H3/b29-25-/t28-/m1/s1. The van der Waals surface area contributed by atoms with E-state index in [0.717, 1.165) is 38.2 Å². The van der Waals surface area contributed by atoms with Crippen molar-refractivity contribution in [3.8, 4) is 0 Å². The van der Waals surface area contributed by atoms with Crippen LogP contribution in [0.4, 0.5) is 5.69 Å². The van der Waals surface area contributed by atoms with Crippen molar-refractivity contribution in [2.45, 2.75) is 32.7 Å². The number of esters is 1. The molecule has 42 heavy (non-hydrogen) atoms. The molecule has 0 bridgehead atoms. The van der Waals surface area contributed by atoms with Crippen LogP contribution in [0.2, 0.25) is 0 Å². The maximum absolute atomic E-state index is 14.4. The highest BCUT2D eigenvalue weighted by Crippen LogP contribution is 2.38. The number of aromatic nitrogens is 1. The van der Waals surface area contributed by atoms with Crippen LogP contribution in [-0.4, -0.2) is 30.1 Å². The van der Waals surface area contributed by atoms with Crippen LogP contribution in [0.3, 0.4) is 0 Å². The second-order valence-electron chi connectivity index (χ2n) is 10.5. The summed E-state index contributed by atoms with van der Waals surface area (Å²) < 4.78 is 8.18. The zero-order valence-electron chi connectivity index (χ0n) is 23.6. The number of anilines is 1. The second kappa shape index (κ2) is 11.0. The molecule has 6 rings (SSSR count). The Morgan fingerprint density at radius 2 is 1.76 bits per heavy atom. The van der Waals surface area contributed by atoms with E-state index in [1.807, 2.05) is 72.8 Å². The summed E-state index contributed by atoms with van der Waals surface area (Å²) in [7, 11) is 1.70. The SMILES string of the molecule is CCOC(=O)C1=C(c2ccccc2)N=c2s/c(=C3\C(=O)N(C)c4ccc(Br)cc43)c(=O)n2[C@@H]1c1ccc(C(C)C)cc1. The van der Waals surface area contributed by atoms with Gasteiger partial charge in [-0.25, -0.2) is 9.79 Å². The third-order valence-corrected chi connectivity index (χ3v) is 9.15. The van der Waals surface area contributed by atoms with E-state index in [1.54, 1.807) is 23.4 Å². The molecular weight excluding hydrogens is 614 g/mol. The molecule has 2 aliphatic heterocycles. The number of likely N-dealkylation sites (N-methyl/N-ethyl adjacent to an activating group) is 1. The highest BCUT2D eigenvalue weighted by molar-refractivity contribution is 9.10. The fourth-order valence-electron chi connectivity index (χ4n) is 5.48. The number of thiazole rings is 1. The molecule has 7 nitrogen and oxygen atoms in total. The first-order valence-corrected chi connectivity index (χ1v) is 15.3. The number of carbonyl (C=O) groups excluding carboxylic acids is 2. The van der Waals surface area contributed by atoms with E-state index >= 15 is 0 Å². The number of fused-ring (bicyclic) bond motifs is 2. The Bertz CT molecular complexity index is 1960. The summed E-state index contributed by atoms with van der Waals surface area (Å²) in [6.07, 6.45) is 0. The number of hydrogen-bond donors (Lipinski definition) is 0. The van der Waals surface area contributed by atoms with E-state index in [9.17, 15) is 14.4 Å². The van der Waals surface area contributed by atoms with Gasteiger partial charge >= 0.3 is 5.97 Å². The van der Waals surface area contributed by atoms with E-state index < -0.39 is 12.0 Å². The zero-order valence-corrected chi connectivity index (χ0v) is 26.0. The molecule has 1 amide bonds. The number of nitrogens with zero attached hydrogens (tertiary/aromatic N) is 3. The van der Waals surface area contributed by atoms with Crippen LogP contribution in [0.25, 0.3) is 11.3 Å². The second-order valence-corrected chi connectivity index (χ2v) is 12.4. The topological polar surface area (TPSA) is 81.0 Å². The Balaban J connectivity index is 1.71. The molecule has 1 aromatic heterocycles. The molecule has 0 saturated heterocycles. The van der Waals surface area contributed by atoms with Crippen LogP contribution in [0.5, 0.6) is 0 Å². The van der Waals surface area contributed by atoms with E-state index in [0.29, 0.717) is 27.6 Å². The average Bonchev–Trinajstić information content (AvgIpc) is 3.44. The van der Waals surface area contributed by atoms with Gasteiger partial charge in [0.1, 0.15) is 4.53 Å². The third-order valence-electron chi connectivity index (χ3n) is 7.60. The molecule has 4 aromatic rings. The Labute approximate surface area is 255 Å². The molecule has 0 fully saturated rings. The summed E-state index contributed by atoms with van der Waals surface area (Å²) in [6.45, 7) is 6.15. The lowest BCUT2D eigenvalue weighted by atomic mass is 9.91. The van der Waals surface area contributed by atoms with Crippen molar-refractivity contribution in [2.75, 3.05) is 18.6 Å². The molecule has 0 saturated carbocycles. The predicted octanol–water partition coefficient (Wildman–Crippen LogP) is 5.17. The van der Waals surface area contributed by atoms with Gasteiger partial charge in [-0.2, -0.15) is 0 Å². The number of halogens is 1. The van der Waals surface area contributed by atoms with Gasteiger partial charge in [-0.1, -0.05) is 95.7 Å². The fourth-order valence-corrected chi connectivity index (χ4v) is 6.93. The smallest absolute Gasteiger partial charge is 0.338 e. The Hall–Kier alpha value is -4.08. The van der Waals surface area contributed by atoms with Crippen molar-refractivity contribution in [1.82, 2.24) is 4.57 Å². The lowest BCUT2D eigenvalue weighted by molar-refractivity contribution is -0.138. The quantitative estimate of drug-likeness (QED) is 0.282. The maximum atomic E-state index is 14.4. The van der Waals surface area contributed by atoms with Crippen molar-refractivity contribution in [3.63, 3.8) is 0 Å². The number of hydrogen-bond acceptors (Lipinski definition) is 6. The molecule has 212 valence electrons. The summed E-state index contributed by atoms with van der Waals surface area (Å²) >= 11 is 4.67. The van der Waals surface area contributed by atoms with Crippen molar-refractivity contribution in [2.24, 2.45) is 4.99 Å². The highest BCUT2D eigenvalue weighted by atomic mass is 79.9. The highest BCUT2D eigenvalue weighted by Gasteiger charge is 2.37. The van der Waals surface area contributed by atoms with Crippen molar-refractivity contribution < 1.29 is 14.3 Å². The Morgan fingerprint density at radius 3 is 2.43 bits per heavy atom. The fraction of sp³-hybridized carbons (Fsp3) is 0.212. The van der Waals surface area contributed by atoms with Crippen LogP contribution >= 0.6 is 27.3 Å². The van der Waals surface area contributed by atoms with E-state index in [4.69, 9.17) is 9.73 Å². The Kier molecular flexibility index (Phi) is 7.32. The van der Waals surface area contributed by atoms with Gasteiger partial charge in [-0.05, 0) is 42.2 Å². The van der Waals surface area contributed by atoms with Crippen LogP contribution in [-0.2, 0) is 14.3 Å². The molecule has 0 radical (unpaired) electrons. The first kappa shape index (κ1) is 28.1. The lowest BCUT2D eigenvalue weighted by Gasteiger charge is -2.26. The minimum Gasteiger partial charge on any atom is -0.463 e. The number of carbonyl (C=O) groups is 2. The van der Waals surface area contributed by atoms with Gasteiger partial charge in [0.05, 0.1) is 35.2 Å². The minimum atomic E-state index is -0.803. The molecule has 0 unspecified atom stereocenters. The molecular formula is C33H28BrN3O4S. The normalized spacial score (nSPS) is 17.3. The molecule has 1 atom stereocenters. The van der Waals surface area contributed by atoms with Crippen molar-refractivity contribution in [1.29, 1.82) is 0 Å². The molecule has 0 spiro atoms. The maximum Gasteiger partial charge on any atom is 0.338 e. The average molecular weight is 643 g/mol. The number of amides is 1. The van der Waals surface area contributed by atoms with Crippen LogP contribution in [0, 0.1) is 0 Å². The molecule has 3 heterocycles. The van der Waals surface area contributed by atoms with Crippen LogP contribution < -0.4 is 19.8 Å². The summed E-state index contributed by atoms with van der Waals surface area (Å²) in [6, 6.07) is 22.1. The summed E-state index contributed by atoms with van der Waals surface area (Å²) in [5.41, 5.74) is 4.70. The summed E-state index contributed by atoms with van der Waals surface area (Å²) in [5.74, 6) is -0.492. The summed E-state index contributed by atoms with van der Waals surface area (Å²) in [4.78, 5) is 48.5. The van der Waals surface area contributed by atoms with Crippen molar-refractivity contribution in [3.05, 3.63) is 125 Å². The third kappa shape index (κ3) is 4.57. The number of rotatable bonds is 5. The first-order valence-electron chi connectivity index (χ1n) is 13.7. The zero-order chi connectivity index (χ0) is 29.7. The van der Waals surface area contributed by atoms with E-state index in [1.165, 1.54) is 0 Å². The van der Waals surface area contributed by atoms with E-state index in [-0.39, 0.29) is 28.2 Å². The molecule has 0 N–H and O–H groups in total.